The minimum absolute atomic E-state index is 0.327. The molecule has 4 rings (SSSR count). The molecule has 1 aromatic heterocycles. The van der Waals surface area contributed by atoms with Crippen molar-refractivity contribution >= 4 is 16.9 Å². The maximum Gasteiger partial charge on any atom is 0.352 e. The Morgan fingerprint density at radius 3 is 2.47 bits per heavy atom. The highest BCUT2D eigenvalue weighted by Gasteiger charge is 2.22. The maximum absolute atomic E-state index is 12.4. The van der Waals surface area contributed by atoms with Crippen LogP contribution in [0.15, 0.2) is 66.7 Å². The second-order valence-corrected chi connectivity index (χ2v) is 8.33. The molecule has 6 nitrogen and oxygen atoms in total. The first-order valence-electron chi connectivity index (χ1n) is 11.3. The molecule has 0 radical (unpaired) electrons. The molecular formula is C28H30N2O4. The molecule has 0 aliphatic rings. The lowest BCUT2D eigenvalue weighted by molar-refractivity contribution is 0.0684. The van der Waals surface area contributed by atoms with Crippen LogP contribution in [0.4, 0.5) is 0 Å². The summed E-state index contributed by atoms with van der Waals surface area (Å²) in [6.45, 7) is 3.67. The summed E-state index contributed by atoms with van der Waals surface area (Å²) in [5, 5.41) is 14.5. The van der Waals surface area contributed by atoms with Gasteiger partial charge in [-0.15, -0.1) is 0 Å². The van der Waals surface area contributed by atoms with Crippen LogP contribution in [0.1, 0.15) is 32.7 Å². The molecule has 6 heteroatoms. The molecule has 0 unspecified atom stereocenters. The summed E-state index contributed by atoms with van der Waals surface area (Å²) in [7, 11) is 3.30. The second-order valence-electron chi connectivity index (χ2n) is 8.33. The van der Waals surface area contributed by atoms with E-state index in [2.05, 4.69) is 29.6 Å². The summed E-state index contributed by atoms with van der Waals surface area (Å²) >= 11 is 0. The first kappa shape index (κ1) is 23.4. The number of ether oxygens (including phenoxy) is 2. The smallest absolute Gasteiger partial charge is 0.352 e. The van der Waals surface area contributed by atoms with Crippen LogP contribution in [0, 0.1) is 6.92 Å². The van der Waals surface area contributed by atoms with Crippen molar-refractivity contribution in [3.8, 4) is 11.5 Å². The number of carbonyl (C=O) groups is 1. The third-order valence-electron chi connectivity index (χ3n) is 6.10. The summed E-state index contributed by atoms with van der Waals surface area (Å²) in [6.07, 6.45) is 0.727. The Morgan fingerprint density at radius 2 is 1.76 bits per heavy atom. The van der Waals surface area contributed by atoms with Gasteiger partial charge in [0.15, 0.2) is 0 Å². The number of fused-ring (bicyclic) bond motifs is 1. The fourth-order valence-electron chi connectivity index (χ4n) is 4.35. The minimum Gasteiger partial charge on any atom is -0.497 e. The molecule has 0 bridgehead atoms. The molecule has 0 fully saturated rings. The van der Waals surface area contributed by atoms with Crippen molar-refractivity contribution in [1.82, 2.24) is 9.88 Å². The Morgan fingerprint density at radius 1 is 1.00 bits per heavy atom. The zero-order chi connectivity index (χ0) is 24.1. The number of nitrogens with one attached hydrogen (secondary N) is 1. The van der Waals surface area contributed by atoms with Crippen molar-refractivity contribution in [2.45, 2.75) is 26.4 Å². The number of carboxylic acid groups (broad SMARTS) is 1. The molecule has 0 aliphatic heterocycles. The lowest BCUT2D eigenvalue weighted by atomic mass is 10.1. The van der Waals surface area contributed by atoms with Crippen molar-refractivity contribution < 1.29 is 19.4 Å². The Bertz CT molecular complexity index is 1290. The number of rotatable bonds is 10. The summed E-state index contributed by atoms with van der Waals surface area (Å²) in [4.78, 5) is 12.4. The molecule has 0 amide bonds. The van der Waals surface area contributed by atoms with Crippen molar-refractivity contribution in [2.75, 3.05) is 20.8 Å². The largest absolute Gasteiger partial charge is 0.497 e. The van der Waals surface area contributed by atoms with Gasteiger partial charge in [-0.25, -0.2) is 4.79 Å². The fraction of sp³-hybridized carbons (Fsp3) is 0.250. The van der Waals surface area contributed by atoms with E-state index >= 15 is 0 Å². The molecule has 0 aliphatic carbocycles. The van der Waals surface area contributed by atoms with Crippen LogP contribution in [-0.4, -0.2) is 36.4 Å². The number of benzene rings is 3. The second kappa shape index (κ2) is 10.4. The number of para-hydroxylation sites is 1. The van der Waals surface area contributed by atoms with Gasteiger partial charge in [-0.2, -0.15) is 0 Å². The van der Waals surface area contributed by atoms with Crippen LogP contribution in [-0.2, 0) is 19.5 Å². The Kier molecular flexibility index (Phi) is 7.18. The molecule has 0 saturated carbocycles. The molecule has 4 aromatic rings. The predicted octanol–water partition coefficient (Wildman–Crippen LogP) is 5.05. The highest BCUT2D eigenvalue weighted by molar-refractivity contribution is 5.98. The van der Waals surface area contributed by atoms with Crippen LogP contribution in [0.5, 0.6) is 11.5 Å². The average molecular weight is 459 g/mol. The van der Waals surface area contributed by atoms with E-state index in [4.69, 9.17) is 9.47 Å². The van der Waals surface area contributed by atoms with Crippen LogP contribution < -0.4 is 14.8 Å². The Hall–Kier alpha value is -3.77. The topological polar surface area (TPSA) is 72.7 Å². The van der Waals surface area contributed by atoms with Crippen LogP contribution in [0.3, 0.4) is 0 Å². The highest BCUT2D eigenvalue weighted by Crippen LogP contribution is 2.28. The molecule has 0 saturated heterocycles. The predicted molar refractivity (Wildman–Crippen MR) is 134 cm³/mol. The number of methoxy groups -OCH3 is 2. The van der Waals surface area contributed by atoms with Gasteiger partial charge in [0.1, 0.15) is 17.2 Å². The molecule has 2 N–H and O–H groups in total. The van der Waals surface area contributed by atoms with E-state index in [1.807, 2.05) is 54.0 Å². The molecular weight excluding hydrogens is 428 g/mol. The van der Waals surface area contributed by atoms with E-state index in [0.29, 0.717) is 25.3 Å². The first-order valence-corrected chi connectivity index (χ1v) is 11.3. The van der Waals surface area contributed by atoms with Gasteiger partial charge in [-0.1, -0.05) is 48.0 Å². The number of aromatic nitrogens is 1. The molecule has 0 spiro atoms. The lowest BCUT2D eigenvalue weighted by Gasteiger charge is -2.12. The van der Waals surface area contributed by atoms with Crippen LogP contribution >= 0.6 is 0 Å². The highest BCUT2D eigenvalue weighted by atomic mass is 16.5. The van der Waals surface area contributed by atoms with Crippen molar-refractivity contribution in [2.24, 2.45) is 0 Å². The fourth-order valence-corrected chi connectivity index (χ4v) is 4.35. The summed E-state index contributed by atoms with van der Waals surface area (Å²) in [6, 6.07) is 21.8. The number of nitrogens with zero attached hydrogens (tertiary/aromatic N) is 1. The number of hydrogen-bond donors (Lipinski definition) is 2. The van der Waals surface area contributed by atoms with Crippen molar-refractivity contribution in [3.05, 3.63) is 94.7 Å². The van der Waals surface area contributed by atoms with Gasteiger partial charge >= 0.3 is 5.97 Å². The van der Waals surface area contributed by atoms with Crippen molar-refractivity contribution in [1.29, 1.82) is 0 Å². The van der Waals surface area contributed by atoms with Crippen LogP contribution in [0.2, 0.25) is 0 Å². The van der Waals surface area contributed by atoms with Crippen LogP contribution in [0.25, 0.3) is 10.9 Å². The molecule has 176 valence electrons. The molecule has 1 heterocycles. The van der Waals surface area contributed by atoms with E-state index in [9.17, 15) is 9.90 Å². The number of aromatic carboxylic acids is 1. The minimum atomic E-state index is -0.922. The first-order chi connectivity index (χ1) is 16.5. The molecule has 3 aromatic carbocycles. The normalized spacial score (nSPS) is 11.0. The van der Waals surface area contributed by atoms with Gasteiger partial charge in [0.05, 0.1) is 14.2 Å². The van der Waals surface area contributed by atoms with Gasteiger partial charge in [-0.3, -0.25) is 0 Å². The SMILES string of the molecule is COc1ccc(OC)c(CCNCc2c(C(=O)O)n(Cc3ccc(C)cc3)c3ccccc23)c1. The summed E-state index contributed by atoms with van der Waals surface area (Å²) in [5.74, 6) is 0.668. The number of aryl methyl sites for hydroxylation is 1. The third kappa shape index (κ3) is 4.92. The van der Waals surface area contributed by atoms with Gasteiger partial charge < -0.3 is 24.5 Å². The zero-order valence-corrected chi connectivity index (χ0v) is 19.8. The quantitative estimate of drug-likeness (QED) is 0.326. The van der Waals surface area contributed by atoms with Crippen molar-refractivity contribution in [3.63, 3.8) is 0 Å². The lowest BCUT2D eigenvalue weighted by Crippen LogP contribution is -2.19. The standard InChI is InChI=1S/C28H30N2O4/c1-19-8-10-20(11-9-19)18-30-25-7-5-4-6-23(25)24(27(30)28(31)32)17-29-15-14-21-16-22(33-2)12-13-26(21)34-3/h4-13,16,29H,14-15,17-18H2,1-3H3,(H,31,32). The maximum atomic E-state index is 12.4. The summed E-state index contributed by atoms with van der Waals surface area (Å²) < 4.78 is 12.7. The van der Waals surface area contributed by atoms with Gasteiger partial charge in [0, 0.05) is 29.6 Å². The van der Waals surface area contributed by atoms with E-state index in [1.54, 1.807) is 14.2 Å². The Balaban J connectivity index is 1.58. The number of carboxylic acids is 1. The number of hydrogen-bond acceptors (Lipinski definition) is 4. The average Bonchev–Trinajstić information content (AvgIpc) is 3.16. The van der Waals surface area contributed by atoms with E-state index in [1.165, 1.54) is 5.56 Å². The third-order valence-corrected chi connectivity index (χ3v) is 6.10. The van der Waals surface area contributed by atoms with E-state index in [0.717, 1.165) is 45.5 Å². The van der Waals surface area contributed by atoms with Gasteiger partial charge in [-0.05, 0) is 55.3 Å². The molecule has 34 heavy (non-hydrogen) atoms. The Labute approximate surface area is 199 Å². The van der Waals surface area contributed by atoms with Gasteiger partial charge in [0.25, 0.3) is 0 Å². The van der Waals surface area contributed by atoms with E-state index < -0.39 is 5.97 Å². The monoisotopic (exact) mass is 458 g/mol. The van der Waals surface area contributed by atoms with Gasteiger partial charge in [0.2, 0.25) is 0 Å². The zero-order valence-electron chi connectivity index (χ0n) is 19.8. The van der Waals surface area contributed by atoms with E-state index in [-0.39, 0.29) is 0 Å². The molecule has 0 atom stereocenters. The summed E-state index contributed by atoms with van der Waals surface area (Å²) in [5.41, 5.74) is 5.33.